The minimum absolute atomic E-state index is 0.491. The van der Waals surface area contributed by atoms with Gasteiger partial charge in [-0.05, 0) is 51.2 Å². The van der Waals surface area contributed by atoms with E-state index in [2.05, 4.69) is 16.3 Å². The zero-order chi connectivity index (χ0) is 11.5. The van der Waals surface area contributed by atoms with Gasteiger partial charge in [0, 0.05) is 5.56 Å². The monoisotopic (exact) mass is 218 g/mol. The van der Waals surface area contributed by atoms with Crippen LogP contribution in [0.3, 0.4) is 0 Å². The van der Waals surface area contributed by atoms with E-state index in [1.165, 1.54) is 12.8 Å². The minimum Gasteiger partial charge on any atom is -0.384 e. The Labute approximate surface area is 96.2 Å². The van der Waals surface area contributed by atoms with Gasteiger partial charge >= 0.3 is 0 Å². The molecule has 1 aliphatic rings. The van der Waals surface area contributed by atoms with Gasteiger partial charge in [0.2, 0.25) is 0 Å². The van der Waals surface area contributed by atoms with Crippen LogP contribution in [0.15, 0.2) is 17.7 Å². The molecule has 2 rings (SSSR count). The van der Waals surface area contributed by atoms with Crippen molar-refractivity contribution in [2.75, 3.05) is 0 Å². The summed E-state index contributed by atoms with van der Waals surface area (Å²) in [6.45, 7) is 3.80. The van der Waals surface area contributed by atoms with Crippen molar-refractivity contribution in [3.05, 3.63) is 34.7 Å². The summed E-state index contributed by atoms with van der Waals surface area (Å²) in [5.74, 6) is 0. The van der Waals surface area contributed by atoms with Gasteiger partial charge in [0.25, 0.3) is 0 Å². The molecule has 3 nitrogen and oxygen atoms in total. The standard InChI is InChI=1S/C13H18N2O/c1-9-8-12(10(2)15-14-9)13(16)11-6-4-3-5-7-11/h6,8,13,16H,3-5,7H2,1-2H3. The summed E-state index contributed by atoms with van der Waals surface area (Å²) in [4.78, 5) is 0. The molecule has 0 aromatic carbocycles. The van der Waals surface area contributed by atoms with Crippen molar-refractivity contribution in [2.24, 2.45) is 0 Å². The zero-order valence-corrected chi connectivity index (χ0v) is 9.90. The lowest BCUT2D eigenvalue weighted by molar-refractivity contribution is 0.206. The van der Waals surface area contributed by atoms with Crippen LogP contribution in [0.25, 0.3) is 0 Å². The van der Waals surface area contributed by atoms with Gasteiger partial charge in [-0.2, -0.15) is 10.2 Å². The van der Waals surface area contributed by atoms with Crippen LogP contribution in [-0.2, 0) is 0 Å². The third kappa shape index (κ3) is 2.30. The predicted molar refractivity (Wildman–Crippen MR) is 63.0 cm³/mol. The first kappa shape index (κ1) is 11.3. The second kappa shape index (κ2) is 4.74. The number of nitrogens with zero attached hydrogens (tertiary/aromatic N) is 2. The Kier molecular flexibility index (Phi) is 3.34. The highest BCUT2D eigenvalue weighted by atomic mass is 16.3. The Hall–Kier alpha value is -1.22. The van der Waals surface area contributed by atoms with Gasteiger partial charge in [0.05, 0.1) is 11.4 Å². The summed E-state index contributed by atoms with van der Waals surface area (Å²) in [7, 11) is 0. The predicted octanol–water partition coefficient (Wildman–Crippen LogP) is 2.63. The molecule has 0 spiro atoms. The second-order valence-corrected chi connectivity index (χ2v) is 4.45. The molecule has 0 aliphatic heterocycles. The van der Waals surface area contributed by atoms with Gasteiger partial charge in [0.15, 0.2) is 0 Å². The molecular weight excluding hydrogens is 200 g/mol. The normalized spacial score (nSPS) is 18.1. The van der Waals surface area contributed by atoms with Gasteiger partial charge in [-0.15, -0.1) is 0 Å². The molecule has 1 heterocycles. The molecule has 86 valence electrons. The Morgan fingerprint density at radius 1 is 1.25 bits per heavy atom. The van der Waals surface area contributed by atoms with Crippen LogP contribution < -0.4 is 0 Å². The SMILES string of the molecule is Cc1cc(C(O)C2=CCCCC2)c(C)nn1. The Morgan fingerprint density at radius 3 is 2.75 bits per heavy atom. The Bertz CT molecular complexity index is 412. The van der Waals surface area contributed by atoms with Crippen LogP contribution in [0, 0.1) is 13.8 Å². The van der Waals surface area contributed by atoms with Crippen LogP contribution in [0.4, 0.5) is 0 Å². The maximum atomic E-state index is 10.3. The number of hydrogen-bond acceptors (Lipinski definition) is 3. The number of aromatic nitrogens is 2. The quantitative estimate of drug-likeness (QED) is 0.776. The largest absolute Gasteiger partial charge is 0.384 e. The number of aryl methyl sites for hydroxylation is 2. The molecule has 0 bridgehead atoms. The highest BCUT2D eigenvalue weighted by Gasteiger charge is 2.18. The van der Waals surface area contributed by atoms with Gasteiger partial charge in [0.1, 0.15) is 6.10 Å². The molecule has 1 N–H and O–H groups in total. The number of aliphatic hydroxyl groups excluding tert-OH is 1. The average molecular weight is 218 g/mol. The van der Waals surface area contributed by atoms with E-state index in [0.717, 1.165) is 35.4 Å². The molecule has 0 radical (unpaired) electrons. The van der Waals surface area contributed by atoms with Gasteiger partial charge in [-0.1, -0.05) is 6.08 Å². The van der Waals surface area contributed by atoms with Crippen molar-refractivity contribution in [3.63, 3.8) is 0 Å². The fourth-order valence-corrected chi connectivity index (χ4v) is 2.16. The van der Waals surface area contributed by atoms with Crippen LogP contribution >= 0.6 is 0 Å². The smallest absolute Gasteiger partial charge is 0.102 e. The lowest BCUT2D eigenvalue weighted by Gasteiger charge is -2.20. The summed E-state index contributed by atoms with van der Waals surface area (Å²) >= 11 is 0. The van der Waals surface area contributed by atoms with E-state index in [4.69, 9.17) is 0 Å². The van der Waals surface area contributed by atoms with Crippen molar-refractivity contribution in [2.45, 2.75) is 45.6 Å². The number of aliphatic hydroxyl groups is 1. The van der Waals surface area contributed by atoms with E-state index in [1.54, 1.807) is 0 Å². The summed E-state index contributed by atoms with van der Waals surface area (Å²) in [5, 5.41) is 18.4. The molecule has 0 amide bonds. The number of rotatable bonds is 2. The average Bonchev–Trinajstić information content (AvgIpc) is 2.32. The van der Waals surface area contributed by atoms with Crippen molar-refractivity contribution >= 4 is 0 Å². The molecule has 0 fully saturated rings. The number of hydrogen-bond donors (Lipinski definition) is 1. The molecule has 1 aromatic rings. The minimum atomic E-state index is -0.491. The highest BCUT2D eigenvalue weighted by molar-refractivity contribution is 5.30. The third-order valence-electron chi connectivity index (χ3n) is 3.11. The van der Waals surface area contributed by atoms with Crippen molar-refractivity contribution < 1.29 is 5.11 Å². The summed E-state index contributed by atoms with van der Waals surface area (Å²) in [6.07, 6.45) is 6.19. The Morgan fingerprint density at radius 2 is 2.06 bits per heavy atom. The lowest BCUT2D eigenvalue weighted by Crippen LogP contribution is -2.08. The molecule has 16 heavy (non-hydrogen) atoms. The van der Waals surface area contributed by atoms with Crippen molar-refractivity contribution in [1.82, 2.24) is 10.2 Å². The maximum absolute atomic E-state index is 10.3. The van der Waals surface area contributed by atoms with Crippen LogP contribution in [0.5, 0.6) is 0 Å². The molecule has 0 saturated heterocycles. The molecule has 0 saturated carbocycles. The maximum Gasteiger partial charge on any atom is 0.102 e. The molecule has 3 heteroatoms. The van der Waals surface area contributed by atoms with Crippen molar-refractivity contribution in [3.8, 4) is 0 Å². The fourth-order valence-electron chi connectivity index (χ4n) is 2.16. The van der Waals surface area contributed by atoms with Crippen LogP contribution in [-0.4, -0.2) is 15.3 Å². The third-order valence-corrected chi connectivity index (χ3v) is 3.11. The summed E-state index contributed by atoms with van der Waals surface area (Å²) < 4.78 is 0. The second-order valence-electron chi connectivity index (χ2n) is 4.45. The van der Waals surface area contributed by atoms with Crippen LogP contribution in [0.1, 0.15) is 48.7 Å². The van der Waals surface area contributed by atoms with E-state index >= 15 is 0 Å². The highest BCUT2D eigenvalue weighted by Crippen LogP contribution is 2.30. The van der Waals surface area contributed by atoms with Crippen LogP contribution in [0.2, 0.25) is 0 Å². The van der Waals surface area contributed by atoms with E-state index < -0.39 is 6.10 Å². The van der Waals surface area contributed by atoms with E-state index in [1.807, 2.05) is 19.9 Å². The van der Waals surface area contributed by atoms with Gasteiger partial charge < -0.3 is 5.11 Å². The zero-order valence-electron chi connectivity index (χ0n) is 9.90. The first-order valence-electron chi connectivity index (χ1n) is 5.86. The molecular formula is C13H18N2O. The van der Waals surface area contributed by atoms with Gasteiger partial charge in [-0.3, -0.25) is 0 Å². The van der Waals surface area contributed by atoms with Gasteiger partial charge in [-0.25, -0.2) is 0 Å². The number of allylic oxidation sites excluding steroid dienone is 1. The molecule has 1 aromatic heterocycles. The molecule has 1 atom stereocenters. The molecule has 1 aliphatic carbocycles. The summed E-state index contributed by atoms with van der Waals surface area (Å²) in [6, 6.07) is 1.93. The topological polar surface area (TPSA) is 46.0 Å². The summed E-state index contributed by atoms with van der Waals surface area (Å²) in [5.41, 5.74) is 3.73. The first-order valence-corrected chi connectivity index (χ1v) is 5.86. The molecule has 1 unspecified atom stereocenters. The Balaban J connectivity index is 2.29. The van der Waals surface area contributed by atoms with E-state index in [-0.39, 0.29) is 0 Å². The lowest BCUT2D eigenvalue weighted by atomic mass is 9.91. The van der Waals surface area contributed by atoms with E-state index in [9.17, 15) is 5.11 Å². The van der Waals surface area contributed by atoms with E-state index in [0.29, 0.717) is 0 Å². The fraction of sp³-hybridized carbons (Fsp3) is 0.538. The van der Waals surface area contributed by atoms with Crippen molar-refractivity contribution in [1.29, 1.82) is 0 Å². The first-order chi connectivity index (χ1) is 7.68.